The Morgan fingerprint density at radius 2 is 1.81 bits per heavy atom. The first-order valence-electron chi connectivity index (χ1n) is 9.73. The van der Waals surface area contributed by atoms with Crippen LogP contribution in [0.3, 0.4) is 0 Å². The predicted octanol–water partition coefficient (Wildman–Crippen LogP) is 5.24. The maximum absolute atomic E-state index is 11.4. The van der Waals surface area contributed by atoms with Gasteiger partial charge in [0.1, 0.15) is 6.61 Å². The molecule has 0 amide bonds. The lowest BCUT2D eigenvalue weighted by molar-refractivity contribution is -0.142. The number of esters is 1. The van der Waals surface area contributed by atoms with E-state index in [1.807, 2.05) is 31.2 Å². The standard InChI is InChI=1S/C22H37NO3Si/c1-9-13-21(26-27(7,8)22(4,5)6)20(16-25-18(3)24)23-17(2)19-14-11-10-12-15-19/h9-15,17,20-21,23H,16H2,1-8H3/b13-9+/t17-,20+,21+/m1/s1. The number of hydrogen-bond acceptors (Lipinski definition) is 4. The van der Waals surface area contributed by atoms with Crippen molar-refractivity contribution in [1.29, 1.82) is 0 Å². The summed E-state index contributed by atoms with van der Waals surface area (Å²) in [7, 11) is -1.99. The van der Waals surface area contributed by atoms with Gasteiger partial charge in [-0.05, 0) is 37.5 Å². The number of rotatable bonds is 9. The van der Waals surface area contributed by atoms with E-state index in [4.69, 9.17) is 9.16 Å². The van der Waals surface area contributed by atoms with Gasteiger partial charge in [0.15, 0.2) is 8.32 Å². The van der Waals surface area contributed by atoms with Gasteiger partial charge in [0.2, 0.25) is 0 Å². The van der Waals surface area contributed by atoms with E-state index in [2.05, 4.69) is 64.3 Å². The predicted molar refractivity (Wildman–Crippen MR) is 115 cm³/mol. The van der Waals surface area contributed by atoms with Gasteiger partial charge in [-0.2, -0.15) is 0 Å². The molecule has 0 radical (unpaired) electrons. The van der Waals surface area contributed by atoms with Crippen LogP contribution < -0.4 is 5.32 Å². The topological polar surface area (TPSA) is 47.6 Å². The first-order chi connectivity index (χ1) is 12.5. The molecule has 0 saturated carbocycles. The zero-order chi connectivity index (χ0) is 20.7. The SMILES string of the molecule is C/C=C/[C@H](O[Si](C)(C)C(C)(C)C)[C@H](COC(C)=O)N[C@H](C)c1ccccc1. The van der Waals surface area contributed by atoms with Gasteiger partial charge < -0.3 is 14.5 Å². The van der Waals surface area contributed by atoms with Crippen molar-refractivity contribution in [2.75, 3.05) is 6.61 Å². The molecular formula is C22H37NO3Si. The van der Waals surface area contributed by atoms with Crippen molar-refractivity contribution >= 4 is 14.3 Å². The highest BCUT2D eigenvalue weighted by molar-refractivity contribution is 6.74. The summed E-state index contributed by atoms with van der Waals surface area (Å²) in [4.78, 5) is 11.4. The normalized spacial score (nSPS) is 16.1. The minimum Gasteiger partial charge on any atom is -0.464 e. The van der Waals surface area contributed by atoms with Crippen molar-refractivity contribution in [2.24, 2.45) is 0 Å². The van der Waals surface area contributed by atoms with E-state index in [1.54, 1.807) is 0 Å². The zero-order valence-electron chi connectivity index (χ0n) is 18.2. The Balaban J connectivity index is 3.06. The quantitative estimate of drug-likeness (QED) is 0.355. The van der Waals surface area contributed by atoms with Crippen LogP contribution >= 0.6 is 0 Å². The number of ether oxygens (including phenoxy) is 1. The van der Waals surface area contributed by atoms with E-state index >= 15 is 0 Å². The molecule has 0 fully saturated rings. The lowest BCUT2D eigenvalue weighted by atomic mass is 10.1. The lowest BCUT2D eigenvalue weighted by Crippen LogP contribution is -2.52. The Bertz CT molecular complexity index is 608. The molecule has 0 heterocycles. The van der Waals surface area contributed by atoms with E-state index in [0.717, 1.165) is 0 Å². The van der Waals surface area contributed by atoms with E-state index in [1.165, 1.54) is 12.5 Å². The first-order valence-corrected chi connectivity index (χ1v) is 12.6. The summed E-state index contributed by atoms with van der Waals surface area (Å²) in [6, 6.07) is 10.3. The fourth-order valence-corrected chi connectivity index (χ4v) is 3.84. The Morgan fingerprint density at radius 1 is 1.22 bits per heavy atom. The minimum atomic E-state index is -1.99. The molecule has 27 heavy (non-hydrogen) atoms. The molecule has 0 spiro atoms. The van der Waals surface area contributed by atoms with Crippen molar-refractivity contribution in [3.8, 4) is 0 Å². The van der Waals surface area contributed by atoms with Crippen LogP contribution in [-0.2, 0) is 14.0 Å². The van der Waals surface area contributed by atoms with Crippen LogP contribution in [0.2, 0.25) is 18.1 Å². The number of carbonyl (C=O) groups is 1. The highest BCUT2D eigenvalue weighted by Gasteiger charge is 2.40. The van der Waals surface area contributed by atoms with Gasteiger partial charge in [-0.15, -0.1) is 0 Å². The van der Waals surface area contributed by atoms with Crippen molar-refractivity contribution in [3.63, 3.8) is 0 Å². The largest absolute Gasteiger partial charge is 0.464 e. The molecule has 3 atom stereocenters. The number of hydrogen-bond donors (Lipinski definition) is 1. The van der Waals surface area contributed by atoms with Crippen LogP contribution in [0.25, 0.3) is 0 Å². The zero-order valence-corrected chi connectivity index (χ0v) is 19.2. The molecule has 0 aromatic heterocycles. The van der Waals surface area contributed by atoms with Gasteiger partial charge in [-0.25, -0.2) is 0 Å². The number of carbonyl (C=O) groups excluding carboxylic acids is 1. The molecule has 1 N–H and O–H groups in total. The molecule has 0 unspecified atom stereocenters. The minimum absolute atomic E-state index is 0.101. The third kappa shape index (κ3) is 7.60. The summed E-state index contributed by atoms with van der Waals surface area (Å²) in [5.41, 5.74) is 1.19. The molecule has 0 saturated heterocycles. The van der Waals surface area contributed by atoms with Gasteiger partial charge in [0.05, 0.1) is 12.1 Å². The Labute approximate surface area is 166 Å². The van der Waals surface area contributed by atoms with Gasteiger partial charge in [0, 0.05) is 13.0 Å². The molecule has 1 aromatic rings. The van der Waals surface area contributed by atoms with Crippen LogP contribution in [0.15, 0.2) is 42.5 Å². The Kier molecular flexibility index (Phi) is 8.92. The Hall–Kier alpha value is -1.43. The smallest absolute Gasteiger partial charge is 0.302 e. The van der Waals surface area contributed by atoms with Crippen molar-refractivity contribution < 1.29 is 14.0 Å². The molecule has 0 aliphatic rings. The van der Waals surface area contributed by atoms with Crippen LogP contribution in [0.4, 0.5) is 0 Å². The summed E-state index contributed by atoms with van der Waals surface area (Å²) in [5, 5.41) is 3.72. The lowest BCUT2D eigenvalue weighted by Gasteiger charge is -2.41. The van der Waals surface area contributed by atoms with Crippen molar-refractivity contribution in [1.82, 2.24) is 5.32 Å². The molecule has 4 nitrogen and oxygen atoms in total. The molecule has 5 heteroatoms. The summed E-state index contributed by atoms with van der Waals surface area (Å²) in [6.07, 6.45) is 3.91. The molecular weight excluding hydrogens is 354 g/mol. The molecule has 0 aliphatic heterocycles. The van der Waals surface area contributed by atoms with E-state index < -0.39 is 8.32 Å². The number of nitrogens with one attached hydrogen (secondary N) is 1. The van der Waals surface area contributed by atoms with Crippen LogP contribution in [0.5, 0.6) is 0 Å². The molecule has 1 aromatic carbocycles. The summed E-state index contributed by atoms with van der Waals surface area (Å²) < 4.78 is 12.0. The second-order valence-electron chi connectivity index (χ2n) is 8.58. The van der Waals surface area contributed by atoms with Gasteiger partial charge >= 0.3 is 5.97 Å². The highest BCUT2D eigenvalue weighted by Crippen LogP contribution is 2.38. The van der Waals surface area contributed by atoms with E-state index in [0.29, 0.717) is 0 Å². The third-order valence-electron chi connectivity index (χ3n) is 5.25. The number of benzene rings is 1. The van der Waals surface area contributed by atoms with Crippen molar-refractivity contribution in [3.05, 3.63) is 48.0 Å². The highest BCUT2D eigenvalue weighted by atomic mass is 28.4. The molecule has 1 rings (SSSR count). The first kappa shape index (κ1) is 23.6. The average Bonchev–Trinajstić information content (AvgIpc) is 2.57. The molecule has 0 bridgehead atoms. The summed E-state index contributed by atoms with van der Waals surface area (Å²) >= 11 is 0. The fourth-order valence-electron chi connectivity index (χ4n) is 2.57. The second kappa shape index (κ2) is 10.2. The third-order valence-corrected chi connectivity index (χ3v) is 9.72. The van der Waals surface area contributed by atoms with Crippen LogP contribution in [0.1, 0.15) is 53.1 Å². The van der Waals surface area contributed by atoms with E-state index in [-0.39, 0.29) is 35.8 Å². The van der Waals surface area contributed by atoms with Crippen molar-refractivity contribution in [2.45, 2.75) is 77.9 Å². The van der Waals surface area contributed by atoms with Gasteiger partial charge in [-0.3, -0.25) is 4.79 Å². The van der Waals surface area contributed by atoms with Crippen LogP contribution in [-0.4, -0.2) is 33.0 Å². The van der Waals surface area contributed by atoms with E-state index in [9.17, 15) is 4.79 Å². The van der Waals surface area contributed by atoms with Crippen LogP contribution in [0, 0.1) is 0 Å². The summed E-state index contributed by atoms with van der Waals surface area (Å²) in [5.74, 6) is -0.277. The monoisotopic (exact) mass is 391 g/mol. The summed E-state index contributed by atoms with van der Waals surface area (Å²) in [6.45, 7) is 17.0. The van der Waals surface area contributed by atoms with Gasteiger partial charge in [0.25, 0.3) is 0 Å². The second-order valence-corrected chi connectivity index (χ2v) is 13.3. The maximum atomic E-state index is 11.4. The average molecular weight is 392 g/mol. The molecule has 0 aliphatic carbocycles. The fraction of sp³-hybridized carbons (Fsp3) is 0.591. The van der Waals surface area contributed by atoms with Gasteiger partial charge in [-0.1, -0.05) is 63.3 Å². The Morgan fingerprint density at radius 3 is 2.30 bits per heavy atom. The maximum Gasteiger partial charge on any atom is 0.302 e. The number of allylic oxidation sites excluding steroid dienone is 1. The molecule has 152 valence electrons.